The van der Waals surface area contributed by atoms with Crippen molar-refractivity contribution >= 4 is 27.7 Å². The number of ether oxygens (including phenoxy) is 1. The largest absolute Gasteiger partial charge is 0.462 e. The molecule has 0 aliphatic heterocycles. The Morgan fingerprint density at radius 1 is 1.18 bits per heavy atom. The molecule has 1 N–H and O–H groups in total. The number of carbonyl (C=O) groups is 2. The summed E-state index contributed by atoms with van der Waals surface area (Å²) >= 11 is 3.68. The highest BCUT2D eigenvalue weighted by atomic mass is 79.9. The maximum absolute atomic E-state index is 12.5. The van der Waals surface area contributed by atoms with Crippen LogP contribution in [0.5, 0.6) is 0 Å². The lowest BCUT2D eigenvalue weighted by Crippen LogP contribution is -2.58. The van der Waals surface area contributed by atoms with Crippen molar-refractivity contribution in [2.24, 2.45) is 28.6 Å². The van der Waals surface area contributed by atoms with Gasteiger partial charge < -0.3 is 9.84 Å². The summed E-state index contributed by atoms with van der Waals surface area (Å²) in [5, 5.41) is 11.4. The fourth-order valence-electron chi connectivity index (χ4n) is 7.56. The molecule has 4 rings (SSSR count). The minimum absolute atomic E-state index is 0.0171. The molecule has 0 saturated heterocycles. The molecule has 3 fully saturated rings. The van der Waals surface area contributed by atoms with Gasteiger partial charge in [-0.05, 0) is 68.6 Å². The number of fused-ring (bicyclic) bond motifs is 5. The Kier molecular flexibility index (Phi) is 4.90. The van der Waals surface area contributed by atoms with Gasteiger partial charge in [0.05, 0.1) is 4.83 Å². The molecule has 0 heterocycles. The summed E-state index contributed by atoms with van der Waals surface area (Å²) in [5.41, 5.74) is -0.00426. The van der Waals surface area contributed by atoms with Crippen LogP contribution in [0.25, 0.3) is 0 Å². The topological polar surface area (TPSA) is 63.6 Å². The van der Waals surface area contributed by atoms with E-state index in [1.165, 1.54) is 12.5 Å². The van der Waals surface area contributed by atoms with Crippen molar-refractivity contribution in [3.63, 3.8) is 0 Å². The van der Waals surface area contributed by atoms with Crippen LogP contribution in [-0.4, -0.2) is 33.4 Å². The Morgan fingerprint density at radius 2 is 1.89 bits per heavy atom. The average Bonchev–Trinajstić information content (AvgIpc) is 2.83. The van der Waals surface area contributed by atoms with Gasteiger partial charge in [0, 0.05) is 18.8 Å². The highest BCUT2D eigenvalue weighted by Gasteiger charge is 2.68. The number of aliphatic hydroxyl groups is 1. The highest BCUT2D eigenvalue weighted by molar-refractivity contribution is 9.09. The number of Topliss-reactive ketones (excluding diaryl/α,β-unsaturated/α-hetero) is 1. The van der Waals surface area contributed by atoms with Crippen molar-refractivity contribution in [3.8, 4) is 0 Å². The molecule has 0 aromatic carbocycles. The van der Waals surface area contributed by atoms with Crippen LogP contribution in [0.2, 0.25) is 0 Å². The van der Waals surface area contributed by atoms with E-state index in [4.69, 9.17) is 4.74 Å². The molecule has 0 spiro atoms. The molecule has 0 amide bonds. The molecular weight excluding hydrogens is 420 g/mol. The molecule has 4 nitrogen and oxygen atoms in total. The van der Waals surface area contributed by atoms with E-state index in [0.717, 1.165) is 44.9 Å². The van der Waals surface area contributed by atoms with Gasteiger partial charge in [0.15, 0.2) is 5.78 Å². The molecule has 28 heavy (non-hydrogen) atoms. The standard InChI is InChI=1S/C23H33BrO4/c1-13(25)23(27)20(24)12-19-17-6-5-15-11-16(28-14(2)26)7-9-21(15,3)18(17)8-10-22(19,23)4/h5,16-20,27H,6-12H2,1-4H3. The zero-order valence-corrected chi connectivity index (χ0v) is 19.0. The minimum atomic E-state index is -1.26. The van der Waals surface area contributed by atoms with Gasteiger partial charge in [-0.1, -0.05) is 41.4 Å². The average molecular weight is 453 g/mol. The van der Waals surface area contributed by atoms with Gasteiger partial charge in [-0.3, -0.25) is 9.59 Å². The Labute approximate surface area is 176 Å². The summed E-state index contributed by atoms with van der Waals surface area (Å²) in [6.45, 7) is 7.59. The fourth-order valence-corrected chi connectivity index (χ4v) is 8.81. The third kappa shape index (κ3) is 2.64. The monoisotopic (exact) mass is 452 g/mol. The van der Waals surface area contributed by atoms with Gasteiger partial charge in [0.1, 0.15) is 11.7 Å². The van der Waals surface area contributed by atoms with E-state index in [9.17, 15) is 14.7 Å². The third-order valence-corrected chi connectivity index (χ3v) is 10.1. The quantitative estimate of drug-likeness (QED) is 0.378. The molecule has 5 heteroatoms. The Morgan fingerprint density at radius 3 is 2.54 bits per heavy atom. The SMILES string of the molecule is CC(=O)OC1CCC2(C)C(=CCC3C2CCC2(C)C3CC(Br)C2(O)C(C)=O)C1. The molecule has 8 unspecified atom stereocenters. The van der Waals surface area contributed by atoms with E-state index in [1.54, 1.807) is 6.92 Å². The first-order valence-corrected chi connectivity index (χ1v) is 11.7. The number of alkyl halides is 1. The lowest BCUT2D eigenvalue weighted by atomic mass is 9.47. The van der Waals surface area contributed by atoms with Crippen LogP contribution < -0.4 is 0 Å². The molecule has 4 aliphatic rings. The summed E-state index contributed by atoms with van der Waals surface area (Å²) in [6, 6.07) is 0. The molecule has 3 saturated carbocycles. The Hall–Kier alpha value is -0.680. The lowest BCUT2D eigenvalue weighted by Gasteiger charge is -2.58. The van der Waals surface area contributed by atoms with Gasteiger partial charge in [-0.15, -0.1) is 0 Å². The highest BCUT2D eigenvalue weighted by Crippen LogP contribution is 2.68. The first-order valence-electron chi connectivity index (χ1n) is 10.8. The summed E-state index contributed by atoms with van der Waals surface area (Å²) in [6.07, 6.45) is 9.08. The predicted octanol–water partition coefficient (Wildman–Crippen LogP) is 4.57. The molecule has 0 radical (unpaired) electrons. The van der Waals surface area contributed by atoms with Crippen LogP contribution in [0.1, 0.15) is 72.6 Å². The molecule has 4 aliphatic carbocycles. The number of rotatable bonds is 2. The number of hydrogen-bond acceptors (Lipinski definition) is 4. The second-order valence-electron chi connectivity index (χ2n) is 10.2. The van der Waals surface area contributed by atoms with Crippen molar-refractivity contribution in [2.45, 2.75) is 89.2 Å². The van der Waals surface area contributed by atoms with Gasteiger partial charge in [0.2, 0.25) is 0 Å². The molecular formula is C23H33BrO4. The van der Waals surface area contributed by atoms with Crippen molar-refractivity contribution in [2.75, 3.05) is 0 Å². The van der Waals surface area contributed by atoms with E-state index in [1.807, 2.05) is 0 Å². The normalized spacial score (nSPS) is 50.1. The zero-order valence-electron chi connectivity index (χ0n) is 17.5. The summed E-state index contributed by atoms with van der Waals surface area (Å²) in [4.78, 5) is 23.7. The first-order chi connectivity index (χ1) is 13.0. The Bertz CT molecular complexity index is 732. The number of allylic oxidation sites excluding steroid dienone is 1. The van der Waals surface area contributed by atoms with E-state index in [2.05, 4.69) is 35.9 Å². The zero-order chi connectivity index (χ0) is 20.5. The van der Waals surface area contributed by atoms with Crippen molar-refractivity contribution in [1.29, 1.82) is 0 Å². The van der Waals surface area contributed by atoms with Crippen LogP contribution in [-0.2, 0) is 14.3 Å². The fraction of sp³-hybridized carbons (Fsp3) is 0.826. The number of hydrogen-bond donors (Lipinski definition) is 1. The summed E-state index contributed by atoms with van der Waals surface area (Å²) in [7, 11) is 0. The van der Waals surface area contributed by atoms with Gasteiger partial charge in [0.25, 0.3) is 0 Å². The van der Waals surface area contributed by atoms with Crippen molar-refractivity contribution in [1.82, 2.24) is 0 Å². The molecule has 0 bridgehead atoms. The van der Waals surface area contributed by atoms with Gasteiger partial charge >= 0.3 is 5.97 Å². The van der Waals surface area contributed by atoms with Crippen LogP contribution in [0.4, 0.5) is 0 Å². The first kappa shape index (κ1) is 20.6. The van der Waals surface area contributed by atoms with E-state index in [-0.39, 0.29) is 33.5 Å². The number of esters is 1. The smallest absolute Gasteiger partial charge is 0.302 e. The van der Waals surface area contributed by atoms with Crippen molar-refractivity contribution < 1.29 is 19.4 Å². The molecule has 156 valence electrons. The molecule has 8 atom stereocenters. The van der Waals surface area contributed by atoms with Crippen LogP contribution in [0.15, 0.2) is 11.6 Å². The van der Waals surface area contributed by atoms with Gasteiger partial charge in [-0.2, -0.15) is 0 Å². The van der Waals surface area contributed by atoms with E-state index in [0.29, 0.717) is 17.8 Å². The number of halogens is 1. The summed E-state index contributed by atoms with van der Waals surface area (Å²) < 4.78 is 5.52. The van der Waals surface area contributed by atoms with Crippen LogP contribution in [0, 0.1) is 28.6 Å². The maximum atomic E-state index is 12.5. The maximum Gasteiger partial charge on any atom is 0.302 e. The minimum Gasteiger partial charge on any atom is -0.462 e. The van der Waals surface area contributed by atoms with Crippen LogP contribution >= 0.6 is 15.9 Å². The van der Waals surface area contributed by atoms with E-state index >= 15 is 0 Å². The lowest BCUT2D eigenvalue weighted by molar-refractivity contribution is -0.159. The second-order valence-corrected chi connectivity index (χ2v) is 11.3. The summed E-state index contributed by atoms with van der Waals surface area (Å²) in [5.74, 6) is 1.15. The number of carbonyl (C=O) groups excluding carboxylic acids is 2. The van der Waals surface area contributed by atoms with Crippen molar-refractivity contribution in [3.05, 3.63) is 11.6 Å². The molecule has 0 aromatic heterocycles. The van der Waals surface area contributed by atoms with E-state index < -0.39 is 5.60 Å². The molecule has 0 aromatic rings. The third-order valence-electron chi connectivity index (χ3n) is 9.10. The predicted molar refractivity (Wildman–Crippen MR) is 111 cm³/mol. The van der Waals surface area contributed by atoms with Crippen LogP contribution in [0.3, 0.4) is 0 Å². The number of ketones is 1. The second kappa shape index (κ2) is 6.66. The van der Waals surface area contributed by atoms with Gasteiger partial charge in [-0.25, -0.2) is 0 Å². The Balaban J connectivity index is 1.64.